The van der Waals surface area contributed by atoms with Gasteiger partial charge in [-0.3, -0.25) is 0 Å². The molecule has 0 bridgehead atoms. The zero-order valence-electron chi connectivity index (χ0n) is 5.42. The van der Waals surface area contributed by atoms with Gasteiger partial charge in [0, 0.05) is 10.8 Å². The fourth-order valence-electron chi connectivity index (χ4n) is 0.968. The predicted octanol–water partition coefficient (Wildman–Crippen LogP) is 2.19. The molecule has 48 valence electrons. The average Bonchev–Trinajstić information content (AvgIpc) is 2.46. The lowest BCUT2D eigenvalue weighted by Crippen LogP contribution is -1.97. The molecule has 1 aromatic heterocycles. The van der Waals surface area contributed by atoms with Gasteiger partial charge in [0.2, 0.25) is 0 Å². The molecule has 1 aliphatic rings. The fourth-order valence-corrected chi connectivity index (χ4v) is 1.61. The minimum atomic E-state index is 0.472. The first kappa shape index (κ1) is 5.42. The van der Waals surface area contributed by atoms with E-state index in [1.54, 1.807) is 11.5 Å². The van der Waals surface area contributed by atoms with E-state index in [2.05, 4.69) is 22.7 Å². The average molecular weight is 139 g/mol. The van der Waals surface area contributed by atoms with Gasteiger partial charge in [-0.05, 0) is 30.4 Å². The number of rotatable bonds is 1. The lowest BCUT2D eigenvalue weighted by molar-refractivity contribution is 0.764. The van der Waals surface area contributed by atoms with Crippen molar-refractivity contribution in [2.75, 3.05) is 0 Å². The molecule has 1 saturated carbocycles. The van der Waals surface area contributed by atoms with Crippen molar-refractivity contribution in [3.8, 4) is 0 Å². The van der Waals surface area contributed by atoms with Gasteiger partial charge in [-0.2, -0.15) is 4.37 Å². The summed E-state index contributed by atoms with van der Waals surface area (Å²) in [5.41, 5.74) is 1.77. The summed E-state index contributed by atoms with van der Waals surface area (Å²) in [6.07, 6.45) is 2.66. The van der Waals surface area contributed by atoms with Crippen LogP contribution in [0.25, 0.3) is 0 Å². The molecule has 0 aliphatic heterocycles. The molecule has 0 spiro atoms. The van der Waals surface area contributed by atoms with E-state index in [-0.39, 0.29) is 0 Å². The maximum atomic E-state index is 4.29. The molecule has 0 saturated heterocycles. The highest BCUT2D eigenvalue weighted by atomic mass is 32.1. The van der Waals surface area contributed by atoms with E-state index in [1.165, 1.54) is 18.5 Å². The molecule has 0 atom stereocenters. The van der Waals surface area contributed by atoms with Crippen LogP contribution in [0, 0.1) is 0 Å². The van der Waals surface area contributed by atoms with Crippen LogP contribution in [0.2, 0.25) is 0 Å². The molecule has 1 nitrogen and oxygen atoms in total. The van der Waals surface area contributed by atoms with E-state index in [1.807, 2.05) is 0 Å². The molecule has 1 heterocycles. The molecule has 2 rings (SSSR count). The summed E-state index contributed by atoms with van der Waals surface area (Å²) in [4.78, 5) is 0. The van der Waals surface area contributed by atoms with Crippen LogP contribution in [0.4, 0.5) is 0 Å². The Labute approximate surface area is 58.9 Å². The van der Waals surface area contributed by atoms with Gasteiger partial charge in [0.25, 0.3) is 0 Å². The van der Waals surface area contributed by atoms with Gasteiger partial charge in [-0.15, -0.1) is 0 Å². The number of nitrogens with zero attached hydrogens (tertiary/aromatic N) is 1. The largest absolute Gasteiger partial charge is 0.197 e. The van der Waals surface area contributed by atoms with Crippen LogP contribution in [0.15, 0.2) is 11.4 Å². The lowest BCUT2D eigenvalue weighted by atomic mass is 10.1. The Balaban J connectivity index is 2.34. The summed E-state index contributed by atoms with van der Waals surface area (Å²) in [5.74, 6) is 0. The third-order valence-electron chi connectivity index (χ3n) is 2.06. The molecule has 9 heavy (non-hydrogen) atoms. The van der Waals surface area contributed by atoms with E-state index in [0.29, 0.717) is 5.41 Å². The molecular weight excluding hydrogens is 130 g/mol. The number of aromatic nitrogens is 1. The van der Waals surface area contributed by atoms with Crippen molar-refractivity contribution in [2.45, 2.75) is 25.2 Å². The van der Waals surface area contributed by atoms with Crippen LogP contribution in [-0.4, -0.2) is 4.37 Å². The topological polar surface area (TPSA) is 12.9 Å². The van der Waals surface area contributed by atoms with Crippen molar-refractivity contribution < 1.29 is 0 Å². The first-order chi connectivity index (χ1) is 4.31. The minimum absolute atomic E-state index is 0.472. The minimum Gasteiger partial charge on any atom is -0.197 e. The van der Waals surface area contributed by atoms with Gasteiger partial charge in [-0.1, -0.05) is 6.92 Å². The second kappa shape index (κ2) is 1.57. The van der Waals surface area contributed by atoms with Crippen molar-refractivity contribution in [3.05, 3.63) is 17.1 Å². The molecule has 1 aliphatic carbocycles. The SMILES string of the molecule is CC1(c2ccsn2)CC1. The third kappa shape index (κ3) is 0.778. The van der Waals surface area contributed by atoms with Gasteiger partial charge in [0.05, 0.1) is 5.69 Å². The molecule has 1 fully saturated rings. The quantitative estimate of drug-likeness (QED) is 0.581. The monoisotopic (exact) mass is 139 g/mol. The van der Waals surface area contributed by atoms with E-state index in [9.17, 15) is 0 Å². The van der Waals surface area contributed by atoms with Crippen LogP contribution < -0.4 is 0 Å². The molecule has 0 amide bonds. The molecule has 0 unspecified atom stereocenters. The normalized spacial score (nSPS) is 21.9. The second-order valence-electron chi connectivity index (χ2n) is 2.95. The van der Waals surface area contributed by atoms with Crippen LogP contribution in [0.3, 0.4) is 0 Å². The first-order valence-electron chi connectivity index (χ1n) is 3.22. The van der Waals surface area contributed by atoms with Crippen molar-refractivity contribution in [1.29, 1.82) is 0 Å². The fraction of sp³-hybridized carbons (Fsp3) is 0.571. The molecule has 1 aromatic rings. The maximum Gasteiger partial charge on any atom is 0.0601 e. The van der Waals surface area contributed by atoms with Gasteiger partial charge < -0.3 is 0 Å². The summed E-state index contributed by atoms with van der Waals surface area (Å²) in [6, 6.07) is 2.14. The van der Waals surface area contributed by atoms with Crippen LogP contribution in [-0.2, 0) is 5.41 Å². The molecule has 0 N–H and O–H groups in total. The molecule has 2 heteroatoms. The standard InChI is InChI=1S/C7H9NS/c1-7(3-4-7)6-2-5-9-8-6/h2,5H,3-4H2,1H3. The Bertz CT molecular complexity index is 199. The van der Waals surface area contributed by atoms with Gasteiger partial charge in [0.1, 0.15) is 0 Å². The van der Waals surface area contributed by atoms with Crippen LogP contribution >= 0.6 is 11.5 Å². The zero-order valence-corrected chi connectivity index (χ0v) is 6.24. The highest BCUT2D eigenvalue weighted by Crippen LogP contribution is 2.46. The summed E-state index contributed by atoms with van der Waals surface area (Å²) in [6.45, 7) is 2.28. The highest BCUT2D eigenvalue weighted by molar-refractivity contribution is 7.03. The van der Waals surface area contributed by atoms with Crippen molar-refractivity contribution >= 4 is 11.5 Å². The van der Waals surface area contributed by atoms with Gasteiger partial charge in [0.15, 0.2) is 0 Å². The number of hydrogen-bond donors (Lipinski definition) is 0. The Hall–Kier alpha value is -0.370. The maximum absolute atomic E-state index is 4.29. The highest BCUT2D eigenvalue weighted by Gasteiger charge is 2.40. The van der Waals surface area contributed by atoms with Crippen molar-refractivity contribution in [2.24, 2.45) is 0 Å². The van der Waals surface area contributed by atoms with Gasteiger partial charge in [-0.25, -0.2) is 0 Å². The van der Waals surface area contributed by atoms with E-state index >= 15 is 0 Å². The number of hydrogen-bond acceptors (Lipinski definition) is 2. The van der Waals surface area contributed by atoms with Crippen LogP contribution in [0.5, 0.6) is 0 Å². The Morgan fingerprint density at radius 2 is 2.44 bits per heavy atom. The van der Waals surface area contributed by atoms with E-state index in [0.717, 1.165) is 0 Å². The third-order valence-corrected chi connectivity index (χ3v) is 2.62. The molecule has 0 aromatic carbocycles. The summed E-state index contributed by atoms with van der Waals surface area (Å²) >= 11 is 1.56. The zero-order chi connectivity index (χ0) is 6.32. The lowest BCUT2D eigenvalue weighted by Gasteiger charge is -1.99. The summed E-state index contributed by atoms with van der Waals surface area (Å²) in [7, 11) is 0. The van der Waals surface area contributed by atoms with E-state index < -0.39 is 0 Å². The molecular formula is C7H9NS. The van der Waals surface area contributed by atoms with E-state index in [4.69, 9.17) is 0 Å². The van der Waals surface area contributed by atoms with Gasteiger partial charge >= 0.3 is 0 Å². The predicted molar refractivity (Wildman–Crippen MR) is 38.7 cm³/mol. The van der Waals surface area contributed by atoms with Crippen LogP contribution in [0.1, 0.15) is 25.5 Å². The van der Waals surface area contributed by atoms with Crippen molar-refractivity contribution in [3.63, 3.8) is 0 Å². The Morgan fingerprint density at radius 3 is 2.89 bits per heavy atom. The smallest absolute Gasteiger partial charge is 0.0601 e. The Morgan fingerprint density at radius 1 is 1.67 bits per heavy atom. The van der Waals surface area contributed by atoms with Crippen molar-refractivity contribution in [1.82, 2.24) is 4.37 Å². The Kier molecular flexibility index (Phi) is 0.943. The summed E-state index contributed by atoms with van der Waals surface area (Å²) < 4.78 is 4.29. The molecule has 0 radical (unpaired) electrons. The summed E-state index contributed by atoms with van der Waals surface area (Å²) in [5, 5.41) is 2.05. The second-order valence-corrected chi connectivity index (χ2v) is 3.61. The first-order valence-corrected chi connectivity index (χ1v) is 4.06.